The van der Waals surface area contributed by atoms with Gasteiger partial charge in [0.05, 0.1) is 0 Å². The number of carbonyl (C=O) groups excluding carboxylic acids is 1. The highest BCUT2D eigenvalue weighted by molar-refractivity contribution is 6.01. The Labute approximate surface area is 125 Å². The van der Waals surface area contributed by atoms with Crippen molar-refractivity contribution >= 4 is 23.5 Å². The van der Waals surface area contributed by atoms with Crippen LogP contribution in [0, 0.1) is 6.92 Å². The van der Waals surface area contributed by atoms with Gasteiger partial charge >= 0.3 is 6.03 Å². The van der Waals surface area contributed by atoms with Crippen molar-refractivity contribution < 1.29 is 4.79 Å². The van der Waals surface area contributed by atoms with E-state index in [1.165, 1.54) is 0 Å². The zero-order valence-corrected chi connectivity index (χ0v) is 12.0. The molecule has 3 nitrogen and oxygen atoms in total. The lowest BCUT2D eigenvalue weighted by Crippen LogP contribution is -2.20. The minimum Gasteiger partial charge on any atom is -0.308 e. The second-order valence-corrected chi connectivity index (χ2v) is 4.58. The van der Waals surface area contributed by atoms with Crippen LogP contribution in [-0.2, 0) is 0 Å². The molecule has 3 heteroatoms. The summed E-state index contributed by atoms with van der Waals surface area (Å²) < 4.78 is 0. The van der Waals surface area contributed by atoms with E-state index in [1.54, 1.807) is 6.08 Å². The number of nitrogens with one attached hydrogen (secondary N) is 2. The van der Waals surface area contributed by atoms with Crippen molar-refractivity contribution in [3.05, 3.63) is 78.4 Å². The molecule has 0 bridgehead atoms. The average Bonchev–Trinajstić information content (AvgIpc) is 2.47. The lowest BCUT2D eigenvalue weighted by Gasteiger charge is -2.12. The molecule has 0 atom stereocenters. The van der Waals surface area contributed by atoms with Crippen LogP contribution >= 0.6 is 0 Å². The maximum atomic E-state index is 12.1. The highest BCUT2D eigenvalue weighted by Gasteiger charge is 2.07. The van der Waals surface area contributed by atoms with Gasteiger partial charge in [0.15, 0.2) is 0 Å². The number of carbonyl (C=O) groups is 1. The van der Waals surface area contributed by atoms with E-state index in [0.717, 1.165) is 22.5 Å². The van der Waals surface area contributed by atoms with Crippen LogP contribution in [0.1, 0.15) is 11.1 Å². The fraction of sp³-hybridized carbons (Fsp3) is 0.0556. The Kier molecular flexibility index (Phi) is 4.94. The lowest BCUT2D eigenvalue weighted by molar-refractivity contribution is 0.262. The summed E-state index contributed by atoms with van der Waals surface area (Å²) in [6, 6.07) is 14.9. The van der Waals surface area contributed by atoms with Crippen molar-refractivity contribution in [3.8, 4) is 0 Å². The van der Waals surface area contributed by atoms with Gasteiger partial charge in [-0.3, -0.25) is 0 Å². The molecular weight excluding hydrogens is 260 g/mol. The van der Waals surface area contributed by atoms with Crippen molar-refractivity contribution in [2.24, 2.45) is 0 Å². The highest BCUT2D eigenvalue weighted by Crippen LogP contribution is 2.21. The highest BCUT2D eigenvalue weighted by atomic mass is 16.2. The van der Waals surface area contributed by atoms with Crippen LogP contribution in [0.15, 0.2) is 67.3 Å². The maximum absolute atomic E-state index is 12.1. The number of rotatable bonds is 4. The van der Waals surface area contributed by atoms with Crippen LogP contribution < -0.4 is 10.6 Å². The van der Waals surface area contributed by atoms with Gasteiger partial charge in [0.2, 0.25) is 0 Å². The maximum Gasteiger partial charge on any atom is 0.323 e. The van der Waals surface area contributed by atoms with E-state index >= 15 is 0 Å². The zero-order chi connectivity index (χ0) is 15.1. The number of anilines is 2. The van der Waals surface area contributed by atoms with E-state index in [2.05, 4.69) is 17.2 Å². The standard InChI is InChI=1S/C18H18N2O/c1-3-4-12-16-14(2)9-8-13-17(16)20-18(21)19-15-10-6-5-7-11-15/h3-13H,1H2,2H3,(H2,19,20,21)/b12-4-. The first-order chi connectivity index (χ1) is 10.2. The van der Waals surface area contributed by atoms with E-state index in [4.69, 9.17) is 0 Å². The van der Waals surface area contributed by atoms with Gasteiger partial charge < -0.3 is 10.6 Å². The van der Waals surface area contributed by atoms with Crippen LogP contribution in [0.4, 0.5) is 16.2 Å². The number of urea groups is 1. The number of benzene rings is 2. The molecule has 2 rings (SSSR count). The minimum atomic E-state index is -0.264. The van der Waals surface area contributed by atoms with Crippen LogP contribution in [0.2, 0.25) is 0 Å². The molecule has 0 saturated heterocycles. The van der Waals surface area contributed by atoms with Crippen LogP contribution in [0.25, 0.3) is 6.08 Å². The largest absolute Gasteiger partial charge is 0.323 e. The normalized spacial score (nSPS) is 10.3. The van der Waals surface area contributed by atoms with Gasteiger partial charge in [-0.1, -0.05) is 55.1 Å². The molecular formula is C18H18N2O. The Morgan fingerprint density at radius 2 is 1.81 bits per heavy atom. The molecule has 2 N–H and O–H groups in total. The fourth-order valence-electron chi connectivity index (χ4n) is 1.98. The Morgan fingerprint density at radius 1 is 1.05 bits per heavy atom. The molecule has 0 aliphatic carbocycles. The molecule has 0 heterocycles. The Hall–Kier alpha value is -2.81. The fourth-order valence-corrected chi connectivity index (χ4v) is 1.98. The van der Waals surface area contributed by atoms with Gasteiger partial charge in [0.1, 0.15) is 0 Å². The summed E-state index contributed by atoms with van der Waals surface area (Å²) >= 11 is 0. The summed E-state index contributed by atoms with van der Waals surface area (Å²) in [4.78, 5) is 12.1. The van der Waals surface area contributed by atoms with Gasteiger partial charge in [-0.2, -0.15) is 0 Å². The first kappa shape index (κ1) is 14.6. The molecule has 2 aromatic carbocycles. The van der Waals surface area contributed by atoms with Crippen molar-refractivity contribution in [1.82, 2.24) is 0 Å². The number of amides is 2. The smallest absolute Gasteiger partial charge is 0.308 e. The summed E-state index contributed by atoms with van der Waals surface area (Å²) in [6.07, 6.45) is 5.49. The summed E-state index contributed by atoms with van der Waals surface area (Å²) in [5.41, 5.74) is 3.58. The van der Waals surface area contributed by atoms with E-state index in [9.17, 15) is 4.79 Å². The monoisotopic (exact) mass is 278 g/mol. The molecule has 2 aromatic rings. The molecule has 0 spiro atoms. The van der Waals surface area contributed by atoms with Gasteiger partial charge in [0.25, 0.3) is 0 Å². The molecule has 0 radical (unpaired) electrons. The number of hydrogen-bond donors (Lipinski definition) is 2. The number of hydrogen-bond acceptors (Lipinski definition) is 1. The van der Waals surface area contributed by atoms with Crippen LogP contribution in [0.5, 0.6) is 0 Å². The topological polar surface area (TPSA) is 41.1 Å². The molecule has 0 aromatic heterocycles. The molecule has 106 valence electrons. The summed E-state index contributed by atoms with van der Waals surface area (Å²) in [6.45, 7) is 5.67. The summed E-state index contributed by atoms with van der Waals surface area (Å²) in [7, 11) is 0. The third-order valence-corrected chi connectivity index (χ3v) is 3.00. The molecule has 21 heavy (non-hydrogen) atoms. The minimum absolute atomic E-state index is 0.264. The SMILES string of the molecule is C=C/C=C\c1c(C)cccc1NC(=O)Nc1ccccc1. The van der Waals surface area contributed by atoms with E-state index in [1.807, 2.05) is 67.6 Å². The van der Waals surface area contributed by atoms with Gasteiger partial charge in [-0.05, 0) is 30.7 Å². The second kappa shape index (κ2) is 7.10. The Bertz CT molecular complexity index is 660. The molecule has 0 aliphatic rings. The third kappa shape index (κ3) is 4.08. The Morgan fingerprint density at radius 3 is 2.52 bits per heavy atom. The summed E-state index contributed by atoms with van der Waals surface area (Å²) in [5, 5.41) is 5.67. The van der Waals surface area contributed by atoms with E-state index < -0.39 is 0 Å². The van der Waals surface area contributed by atoms with Gasteiger partial charge in [-0.25, -0.2) is 4.79 Å². The van der Waals surface area contributed by atoms with E-state index in [0.29, 0.717) is 0 Å². The van der Waals surface area contributed by atoms with Crippen molar-refractivity contribution in [1.29, 1.82) is 0 Å². The van der Waals surface area contributed by atoms with Crippen LogP contribution in [-0.4, -0.2) is 6.03 Å². The first-order valence-corrected chi connectivity index (χ1v) is 6.72. The third-order valence-electron chi connectivity index (χ3n) is 3.00. The lowest BCUT2D eigenvalue weighted by atomic mass is 10.1. The molecule has 0 fully saturated rings. The molecule has 2 amide bonds. The number of para-hydroxylation sites is 1. The first-order valence-electron chi connectivity index (χ1n) is 6.72. The van der Waals surface area contributed by atoms with Gasteiger partial charge in [0, 0.05) is 16.9 Å². The second-order valence-electron chi connectivity index (χ2n) is 4.58. The zero-order valence-electron chi connectivity index (χ0n) is 12.0. The van der Waals surface area contributed by atoms with Crippen molar-refractivity contribution in [2.45, 2.75) is 6.92 Å². The molecule has 0 unspecified atom stereocenters. The van der Waals surface area contributed by atoms with Crippen LogP contribution in [0.3, 0.4) is 0 Å². The molecule has 0 aliphatic heterocycles. The summed E-state index contributed by atoms with van der Waals surface area (Å²) in [5.74, 6) is 0. The predicted molar refractivity (Wildman–Crippen MR) is 89.5 cm³/mol. The molecule has 0 saturated carbocycles. The number of aryl methyl sites for hydroxylation is 1. The average molecular weight is 278 g/mol. The Balaban J connectivity index is 2.15. The van der Waals surface area contributed by atoms with E-state index in [-0.39, 0.29) is 6.03 Å². The number of allylic oxidation sites excluding steroid dienone is 2. The van der Waals surface area contributed by atoms with Crippen molar-refractivity contribution in [3.63, 3.8) is 0 Å². The quantitative estimate of drug-likeness (QED) is 0.772. The van der Waals surface area contributed by atoms with Crippen molar-refractivity contribution in [2.75, 3.05) is 10.6 Å². The van der Waals surface area contributed by atoms with Gasteiger partial charge in [-0.15, -0.1) is 0 Å². The predicted octanol–water partition coefficient (Wildman–Crippen LogP) is 4.84.